The Morgan fingerprint density at radius 3 is 2.78 bits per heavy atom. The summed E-state index contributed by atoms with van der Waals surface area (Å²) >= 11 is 0. The minimum absolute atomic E-state index is 0.408. The first kappa shape index (κ1) is 13.5. The fourth-order valence-electron chi connectivity index (χ4n) is 2.80. The van der Waals surface area contributed by atoms with Gasteiger partial charge in [0.1, 0.15) is 0 Å². The largest absolute Gasteiger partial charge is 0.310 e. The molecule has 18 heavy (non-hydrogen) atoms. The van der Waals surface area contributed by atoms with Gasteiger partial charge in [-0.2, -0.15) is 0 Å². The molecule has 1 nitrogen and oxygen atoms in total. The molecule has 100 valence electrons. The Morgan fingerprint density at radius 2 is 2.00 bits per heavy atom. The first-order valence-corrected chi connectivity index (χ1v) is 6.76. The monoisotopic (exact) mass is 253 g/mol. The van der Waals surface area contributed by atoms with Crippen molar-refractivity contribution < 1.29 is 8.78 Å². The predicted molar refractivity (Wildman–Crippen MR) is 69.2 cm³/mol. The quantitative estimate of drug-likeness (QED) is 0.862. The van der Waals surface area contributed by atoms with Gasteiger partial charge in [0.05, 0.1) is 0 Å². The van der Waals surface area contributed by atoms with Crippen LogP contribution in [0.1, 0.15) is 38.7 Å². The van der Waals surface area contributed by atoms with Gasteiger partial charge in [0.15, 0.2) is 11.6 Å². The van der Waals surface area contributed by atoms with E-state index in [1.54, 1.807) is 12.1 Å². The van der Waals surface area contributed by atoms with Gasteiger partial charge in [-0.3, -0.25) is 0 Å². The number of benzene rings is 1. The molecular formula is C15H21F2N. The summed E-state index contributed by atoms with van der Waals surface area (Å²) in [6, 6.07) is 4.77. The highest BCUT2D eigenvalue weighted by Crippen LogP contribution is 2.29. The van der Waals surface area contributed by atoms with Crippen LogP contribution in [0.15, 0.2) is 18.2 Å². The average Bonchev–Trinajstić information content (AvgIpc) is 2.36. The summed E-state index contributed by atoms with van der Waals surface area (Å²) in [5.74, 6) is -0.190. The molecule has 0 bridgehead atoms. The fraction of sp³-hybridized carbons (Fsp3) is 0.600. The van der Waals surface area contributed by atoms with Crippen LogP contribution >= 0.6 is 0 Å². The smallest absolute Gasteiger partial charge is 0.163 e. The maximum Gasteiger partial charge on any atom is 0.163 e. The molecule has 0 aromatic heterocycles. The van der Waals surface area contributed by atoms with Gasteiger partial charge in [-0.15, -0.1) is 0 Å². The van der Waals surface area contributed by atoms with E-state index in [0.29, 0.717) is 30.0 Å². The predicted octanol–water partition coefficient (Wildman–Crippen LogP) is 3.88. The Hall–Kier alpha value is -0.960. The molecule has 0 amide bonds. The van der Waals surface area contributed by atoms with Crippen molar-refractivity contribution in [3.05, 3.63) is 35.4 Å². The molecule has 0 aliphatic heterocycles. The molecule has 1 fully saturated rings. The lowest BCUT2D eigenvalue weighted by atomic mass is 9.78. The summed E-state index contributed by atoms with van der Waals surface area (Å²) in [7, 11) is 0. The molecule has 3 atom stereocenters. The van der Waals surface area contributed by atoms with E-state index in [2.05, 4.69) is 19.2 Å². The van der Waals surface area contributed by atoms with E-state index in [0.717, 1.165) is 12.5 Å². The molecule has 3 heteroatoms. The summed E-state index contributed by atoms with van der Waals surface area (Å²) < 4.78 is 26.6. The molecule has 1 saturated carbocycles. The van der Waals surface area contributed by atoms with Gasteiger partial charge in [-0.1, -0.05) is 38.8 Å². The van der Waals surface area contributed by atoms with Crippen LogP contribution in [0.2, 0.25) is 0 Å². The third-order valence-corrected chi connectivity index (χ3v) is 4.29. The van der Waals surface area contributed by atoms with Gasteiger partial charge in [0.25, 0.3) is 0 Å². The van der Waals surface area contributed by atoms with E-state index in [-0.39, 0.29) is 0 Å². The topological polar surface area (TPSA) is 12.0 Å². The maximum atomic E-state index is 13.5. The number of hydrogen-bond acceptors (Lipinski definition) is 1. The van der Waals surface area contributed by atoms with Crippen LogP contribution in [-0.4, -0.2) is 6.04 Å². The van der Waals surface area contributed by atoms with E-state index < -0.39 is 11.6 Å². The zero-order chi connectivity index (χ0) is 13.1. The SMILES string of the molecule is CC1CCCC(NCc2cccc(F)c2F)C1C. The minimum atomic E-state index is -0.764. The zero-order valence-electron chi connectivity index (χ0n) is 11.0. The van der Waals surface area contributed by atoms with E-state index in [9.17, 15) is 8.78 Å². The molecule has 0 saturated heterocycles. The number of nitrogens with one attached hydrogen (secondary N) is 1. The third-order valence-electron chi connectivity index (χ3n) is 4.29. The first-order valence-electron chi connectivity index (χ1n) is 6.76. The highest BCUT2D eigenvalue weighted by Gasteiger charge is 2.26. The van der Waals surface area contributed by atoms with Crippen molar-refractivity contribution in [2.45, 2.75) is 45.7 Å². The van der Waals surface area contributed by atoms with Crippen molar-refractivity contribution in [1.82, 2.24) is 5.32 Å². The van der Waals surface area contributed by atoms with Crippen LogP contribution < -0.4 is 5.32 Å². The van der Waals surface area contributed by atoms with E-state index in [1.165, 1.54) is 12.8 Å². The molecule has 1 aromatic carbocycles. The van der Waals surface area contributed by atoms with Crippen LogP contribution in [-0.2, 0) is 6.54 Å². The summed E-state index contributed by atoms with van der Waals surface area (Å²) in [5, 5.41) is 3.38. The van der Waals surface area contributed by atoms with E-state index in [4.69, 9.17) is 0 Å². The number of hydrogen-bond donors (Lipinski definition) is 1. The Kier molecular flexibility index (Phi) is 4.33. The molecule has 0 heterocycles. The maximum absolute atomic E-state index is 13.5. The van der Waals surface area contributed by atoms with Crippen LogP contribution in [0.25, 0.3) is 0 Å². The van der Waals surface area contributed by atoms with Gasteiger partial charge in [0, 0.05) is 18.2 Å². The van der Waals surface area contributed by atoms with Crippen LogP contribution in [0, 0.1) is 23.5 Å². The summed E-state index contributed by atoms with van der Waals surface area (Å²) in [6.07, 6.45) is 3.62. The van der Waals surface area contributed by atoms with Crippen molar-refractivity contribution >= 4 is 0 Å². The van der Waals surface area contributed by atoms with Crippen molar-refractivity contribution in [3.63, 3.8) is 0 Å². The highest BCUT2D eigenvalue weighted by molar-refractivity contribution is 5.18. The van der Waals surface area contributed by atoms with Crippen molar-refractivity contribution in [2.24, 2.45) is 11.8 Å². The normalized spacial score (nSPS) is 28.3. The molecule has 1 aliphatic carbocycles. The molecule has 2 rings (SSSR count). The number of rotatable bonds is 3. The lowest BCUT2D eigenvalue weighted by molar-refractivity contribution is 0.205. The lowest BCUT2D eigenvalue weighted by Crippen LogP contribution is -2.40. The lowest BCUT2D eigenvalue weighted by Gasteiger charge is -2.34. The van der Waals surface area contributed by atoms with Gasteiger partial charge >= 0.3 is 0 Å². The molecule has 1 aromatic rings. The second-order valence-corrected chi connectivity index (χ2v) is 5.47. The minimum Gasteiger partial charge on any atom is -0.310 e. The average molecular weight is 253 g/mol. The molecule has 1 N–H and O–H groups in total. The Balaban J connectivity index is 1.97. The molecule has 0 spiro atoms. The summed E-state index contributed by atoms with van der Waals surface area (Å²) in [5.41, 5.74) is 0.417. The second kappa shape index (κ2) is 5.79. The standard InChI is InChI=1S/C15H21F2N/c1-10-5-3-8-14(11(10)2)18-9-12-6-4-7-13(16)15(12)17/h4,6-7,10-11,14,18H,3,5,8-9H2,1-2H3. The van der Waals surface area contributed by atoms with Gasteiger partial charge < -0.3 is 5.32 Å². The molecule has 3 unspecified atom stereocenters. The van der Waals surface area contributed by atoms with E-state index in [1.807, 2.05) is 0 Å². The number of halogens is 2. The van der Waals surface area contributed by atoms with Crippen LogP contribution in [0.3, 0.4) is 0 Å². The summed E-state index contributed by atoms with van der Waals surface area (Å²) in [6.45, 7) is 4.91. The highest BCUT2D eigenvalue weighted by atomic mass is 19.2. The summed E-state index contributed by atoms with van der Waals surface area (Å²) in [4.78, 5) is 0. The molecular weight excluding hydrogens is 232 g/mol. The van der Waals surface area contributed by atoms with Gasteiger partial charge in [-0.05, 0) is 24.3 Å². The molecule has 1 aliphatic rings. The van der Waals surface area contributed by atoms with Crippen molar-refractivity contribution in [1.29, 1.82) is 0 Å². The zero-order valence-corrected chi connectivity index (χ0v) is 11.0. The van der Waals surface area contributed by atoms with Gasteiger partial charge in [-0.25, -0.2) is 8.78 Å². The van der Waals surface area contributed by atoms with Crippen molar-refractivity contribution in [2.75, 3.05) is 0 Å². The Bertz CT molecular complexity index is 405. The molecule has 0 radical (unpaired) electrons. The Morgan fingerprint density at radius 1 is 1.22 bits per heavy atom. The van der Waals surface area contributed by atoms with Crippen molar-refractivity contribution in [3.8, 4) is 0 Å². The van der Waals surface area contributed by atoms with Gasteiger partial charge in [0.2, 0.25) is 0 Å². The fourth-order valence-corrected chi connectivity index (χ4v) is 2.80. The first-order chi connectivity index (χ1) is 8.59. The van der Waals surface area contributed by atoms with E-state index >= 15 is 0 Å². The van der Waals surface area contributed by atoms with Crippen LogP contribution in [0.5, 0.6) is 0 Å². The Labute approximate surface area is 108 Å². The second-order valence-electron chi connectivity index (χ2n) is 5.47. The third kappa shape index (κ3) is 2.89. The van der Waals surface area contributed by atoms with Crippen LogP contribution in [0.4, 0.5) is 8.78 Å².